The van der Waals surface area contributed by atoms with Crippen LogP contribution in [0, 0.1) is 20.8 Å². The van der Waals surface area contributed by atoms with E-state index in [1.165, 1.54) is 11.8 Å². The summed E-state index contributed by atoms with van der Waals surface area (Å²) >= 11 is 0. The second-order valence-electron chi connectivity index (χ2n) is 9.14. The van der Waals surface area contributed by atoms with Crippen LogP contribution in [0.25, 0.3) is 39.7 Å². The summed E-state index contributed by atoms with van der Waals surface area (Å²) in [6.07, 6.45) is -4.68. The Balaban J connectivity index is 1.81. The molecule has 8 heteroatoms. The number of rotatable bonds is 5. The summed E-state index contributed by atoms with van der Waals surface area (Å²) in [5.74, 6) is 0.337. The number of aromatic nitrogens is 4. The van der Waals surface area contributed by atoms with Gasteiger partial charge in [-0.05, 0) is 51.1 Å². The van der Waals surface area contributed by atoms with Crippen molar-refractivity contribution in [3.63, 3.8) is 0 Å². The molecule has 5 rings (SSSR count). The minimum Gasteiger partial charge on any atom is -0.497 e. The molecule has 0 spiro atoms. The van der Waals surface area contributed by atoms with Gasteiger partial charge in [0.1, 0.15) is 5.75 Å². The van der Waals surface area contributed by atoms with E-state index in [1.54, 1.807) is 24.3 Å². The van der Waals surface area contributed by atoms with Crippen LogP contribution in [0.15, 0.2) is 78.9 Å². The number of aryl methyl sites for hydroxylation is 2. The zero-order valence-corrected chi connectivity index (χ0v) is 21.3. The van der Waals surface area contributed by atoms with Gasteiger partial charge in [-0.3, -0.25) is 0 Å². The van der Waals surface area contributed by atoms with Crippen LogP contribution in [0.5, 0.6) is 5.75 Å². The number of hydrogen-bond donors (Lipinski definition) is 0. The average Bonchev–Trinajstić information content (AvgIpc) is 3.25. The third kappa shape index (κ3) is 4.89. The molecule has 0 saturated carbocycles. The van der Waals surface area contributed by atoms with Gasteiger partial charge in [0.25, 0.3) is 5.95 Å². The Hall–Kier alpha value is -4.46. The van der Waals surface area contributed by atoms with E-state index in [9.17, 15) is 13.2 Å². The number of ether oxygens (including phenoxy) is 1. The van der Waals surface area contributed by atoms with Crippen molar-refractivity contribution < 1.29 is 17.9 Å². The highest BCUT2D eigenvalue weighted by molar-refractivity contribution is 5.76. The maximum Gasteiger partial charge on any atom is 0.433 e. The van der Waals surface area contributed by atoms with E-state index in [-0.39, 0.29) is 11.6 Å². The Kier molecular flexibility index (Phi) is 6.48. The normalized spacial score (nSPS) is 11.6. The van der Waals surface area contributed by atoms with Crippen LogP contribution >= 0.6 is 0 Å². The lowest BCUT2D eigenvalue weighted by Gasteiger charge is -2.13. The molecule has 5 aromatic rings. The third-order valence-electron chi connectivity index (χ3n) is 6.26. The summed E-state index contributed by atoms with van der Waals surface area (Å²) < 4.78 is 48.8. The highest BCUT2D eigenvalue weighted by Crippen LogP contribution is 2.36. The first-order valence-electron chi connectivity index (χ1n) is 12.0. The second kappa shape index (κ2) is 9.78. The summed E-state index contributed by atoms with van der Waals surface area (Å²) in [6.45, 7) is 5.85. The number of nitrogens with zero attached hydrogens (tertiary/aromatic N) is 4. The molecule has 0 amide bonds. The Morgan fingerprint density at radius 3 is 2.03 bits per heavy atom. The van der Waals surface area contributed by atoms with E-state index >= 15 is 0 Å². The Labute approximate surface area is 218 Å². The zero-order valence-electron chi connectivity index (χ0n) is 21.3. The number of hydrogen-bond acceptors (Lipinski definition) is 4. The monoisotopic (exact) mass is 514 g/mol. The first-order chi connectivity index (χ1) is 18.1. The van der Waals surface area contributed by atoms with Gasteiger partial charge >= 0.3 is 6.18 Å². The molecule has 0 saturated heterocycles. The number of alkyl halides is 3. The van der Waals surface area contributed by atoms with E-state index in [0.29, 0.717) is 22.7 Å². The quantitative estimate of drug-likeness (QED) is 0.242. The summed E-state index contributed by atoms with van der Waals surface area (Å²) in [6, 6.07) is 23.3. The second-order valence-corrected chi connectivity index (χ2v) is 9.14. The molecule has 192 valence electrons. The highest BCUT2D eigenvalue weighted by Gasteiger charge is 2.34. The van der Waals surface area contributed by atoms with E-state index in [4.69, 9.17) is 9.84 Å². The maximum absolute atomic E-state index is 14.1. The Morgan fingerprint density at radius 2 is 1.37 bits per heavy atom. The summed E-state index contributed by atoms with van der Waals surface area (Å²) in [5, 5.41) is 4.79. The minimum absolute atomic E-state index is 0.113. The fourth-order valence-corrected chi connectivity index (χ4v) is 4.44. The summed E-state index contributed by atoms with van der Waals surface area (Å²) in [7, 11) is 1.50. The van der Waals surface area contributed by atoms with Gasteiger partial charge in [0.15, 0.2) is 5.69 Å². The summed E-state index contributed by atoms with van der Waals surface area (Å²) in [5.41, 5.74) is 5.33. The molecule has 0 unspecified atom stereocenters. The molecule has 0 fully saturated rings. The molecule has 3 aromatic carbocycles. The van der Waals surface area contributed by atoms with Gasteiger partial charge in [-0.25, -0.2) is 9.97 Å². The highest BCUT2D eigenvalue weighted by atomic mass is 19.4. The fraction of sp³-hybridized carbons (Fsp3) is 0.167. The minimum atomic E-state index is -4.68. The largest absolute Gasteiger partial charge is 0.497 e. The SMILES string of the molecule is COc1cccc(-c2cc(C(F)(F)F)nc(-n3nc(-c4cccc(C)c4)c(C)c3-c3cccc(C)c3)n2)c1. The molecule has 0 aliphatic heterocycles. The van der Waals surface area contributed by atoms with Gasteiger partial charge in [-0.1, -0.05) is 59.7 Å². The lowest BCUT2D eigenvalue weighted by atomic mass is 10.0. The molecule has 0 radical (unpaired) electrons. The van der Waals surface area contributed by atoms with E-state index in [0.717, 1.165) is 33.9 Å². The first-order valence-corrected chi connectivity index (χ1v) is 12.0. The molecule has 0 aliphatic carbocycles. The summed E-state index contributed by atoms with van der Waals surface area (Å²) in [4.78, 5) is 8.52. The van der Waals surface area contributed by atoms with Gasteiger partial charge in [0.2, 0.25) is 0 Å². The van der Waals surface area contributed by atoms with Crippen molar-refractivity contribution in [3.05, 3.63) is 101 Å². The van der Waals surface area contributed by atoms with Gasteiger partial charge < -0.3 is 4.74 Å². The van der Waals surface area contributed by atoms with Crippen molar-refractivity contribution in [3.8, 4) is 45.5 Å². The van der Waals surface area contributed by atoms with Crippen molar-refractivity contribution >= 4 is 0 Å². The molecule has 38 heavy (non-hydrogen) atoms. The molecule has 0 aliphatic rings. The number of benzene rings is 3. The smallest absolute Gasteiger partial charge is 0.433 e. The Morgan fingerprint density at radius 1 is 0.737 bits per heavy atom. The van der Waals surface area contributed by atoms with E-state index < -0.39 is 11.9 Å². The van der Waals surface area contributed by atoms with Crippen LogP contribution in [0.1, 0.15) is 22.4 Å². The molecule has 5 nitrogen and oxygen atoms in total. The molecular weight excluding hydrogens is 489 g/mol. The predicted octanol–water partition coefficient (Wildman–Crippen LogP) is 7.62. The first kappa shape index (κ1) is 25.2. The zero-order chi connectivity index (χ0) is 27.0. The number of halogens is 3. The van der Waals surface area contributed by atoms with Crippen LogP contribution in [-0.2, 0) is 6.18 Å². The van der Waals surface area contributed by atoms with Crippen molar-refractivity contribution in [2.45, 2.75) is 26.9 Å². The van der Waals surface area contributed by atoms with Gasteiger partial charge in [0.05, 0.1) is 24.2 Å². The maximum atomic E-state index is 14.1. The molecule has 2 aromatic heterocycles. The van der Waals surface area contributed by atoms with Crippen LogP contribution in [-0.4, -0.2) is 26.9 Å². The molecule has 2 heterocycles. The van der Waals surface area contributed by atoms with E-state index in [2.05, 4.69) is 9.97 Å². The van der Waals surface area contributed by atoms with Crippen molar-refractivity contribution in [1.29, 1.82) is 0 Å². The molecular formula is C30H25F3N4O. The van der Waals surface area contributed by atoms with E-state index in [1.807, 2.05) is 69.3 Å². The topological polar surface area (TPSA) is 52.8 Å². The fourth-order valence-electron chi connectivity index (χ4n) is 4.44. The predicted molar refractivity (Wildman–Crippen MR) is 141 cm³/mol. The van der Waals surface area contributed by atoms with Crippen molar-refractivity contribution in [2.75, 3.05) is 7.11 Å². The standard InChI is InChI=1S/C30H25F3N4O/c1-18-8-5-11-22(14-18)27-20(3)28(23-12-6-9-19(2)15-23)37(36-27)29-34-25(17-26(35-29)30(31,32)33)21-10-7-13-24(16-21)38-4/h5-17H,1-4H3. The van der Waals surface area contributed by atoms with Crippen LogP contribution in [0.3, 0.4) is 0 Å². The van der Waals surface area contributed by atoms with Crippen LogP contribution in [0.4, 0.5) is 13.2 Å². The lowest BCUT2D eigenvalue weighted by molar-refractivity contribution is -0.141. The molecule has 0 N–H and O–H groups in total. The number of methoxy groups -OCH3 is 1. The average molecular weight is 515 g/mol. The third-order valence-corrected chi connectivity index (χ3v) is 6.26. The molecule has 0 atom stereocenters. The lowest BCUT2D eigenvalue weighted by Crippen LogP contribution is -2.14. The van der Waals surface area contributed by atoms with Gasteiger partial charge in [-0.15, -0.1) is 0 Å². The van der Waals surface area contributed by atoms with Gasteiger partial charge in [-0.2, -0.15) is 23.0 Å². The Bertz CT molecular complexity index is 1640. The van der Waals surface area contributed by atoms with Crippen molar-refractivity contribution in [1.82, 2.24) is 19.7 Å². The van der Waals surface area contributed by atoms with Crippen LogP contribution in [0.2, 0.25) is 0 Å². The van der Waals surface area contributed by atoms with Gasteiger partial charge in [0, 0.05) is 22.3 Å². The van der Waals surface area contributed by atoms with Crippen LogP contribution < -0.4 is 4.74 Å². The van der Waals surface area contributed by atoms with Crippen molar-refractivity contribution in [2.24, 2.45) is 0 Å². The molecule has 0 bridgehead atoms.